The minimum absolute atomic E-state index is 0.0865. The van der Waals surface area contributed by atoms with Crippen molar-refractivity contribution in [1.29, 1.82) is 0 Å². The molecule has 0 radical (unpaired) electrons. The van der Waals surface area contributed by atoms with E-state index in [1.807, 2.05) is 4.98 Å². The molecule has 0 fully saturated rings. The lowest BCUT2D eigenvalue weighted by Gasteiger charge is -2.04. The number of amides is 1. The van der Waals surface area contributed by atoms with E-state index in [0.29, 0.717) is 13.1 Å². The molecule has 0 bridgehead atoms. The van der Waals surface area contributed by atoms with E-state index in [2.05, 4.69) is 10.3 Å². The molecular weight excluding hydrogens is 236 g/mol. The predicted octanol–water partition coefficient (Wildman–Crippen LogP) is -0.688. The van der Waals surface area contributed by atoms with Crippen molar-refractivity contribution >= 4 is 5.91 Å². The van der Waals surface area contributed by atoms with Crippen molar-refractivity contribution in [2.75, 3.05) is 13.1 Å². The number of H-pyrrole nitrogens is 2. The molecule has 1 amide bonds. The number of unbranched alkanes of at least 4 members (excludes halogenated alkanes) is 3. The van der Waals surface area contributed by atoms with Gasteiger partial charge in [0, 0.05) is 12.7 Å². The largest absolute Gasteiger partial charge is 0.352 e. The van der Waals surface area contributed by atoms with Crippen molar-refractivity contribution in [3.8, 4) is 0 Å². The van der Waals surface area contributed by atoms with E-state index < -0.39 is 17.2 Å². The van der Waals surface area contributed by atoms with E-state index in [1.165, 1.54) is 0 Å². The summed E-state index contributed by atoms with van der Waals surface area (Å²) in [5.41, 5.74) is 3.97. The molecule has 0 aliphatic carbocycles. The van der Waals surface area contributed by atoms with Gasteiger partial charge >= 0.3 is 5.69 Å². The van der Waals surface area contributed by atoms with Crippen molar-refractivity contribution in [2.45, 2.75) is 25.7 Å². The molecule has 18 heavy (non-hydrogen) atoms. The monoisotopic (exact) mass is 254 g/mol. The van der Waals surface area contributed by atoms with Crippen LogP contribution in [0.4, 0.5) is 0 Å². The Morgan fingerprint density at radius 3 is 2.61 bits per heavy atom. The molecule has 5 N–H and O–H groups in total. The van der Waals surface area contributed by atoms with Crippen LogP contribution in [-0.4, -0.2) is 29.0 Å². The highest BCUT2D eigenvalue weighted by molar-refractivity contribution is 5.93. The molecule has 0 aliphatic rings. The summed E-state index contributed by atoms with van der Waals surface area (Å²) in [6.07, 6.45) is 4.95. The fraction of sp³-hybridized carbons (Fsp3) is 0.545. The van der Waals surface area contributed by atoms with Gasteiger partial charge in [0.1, 0.15) is 5.56 Å². The highest BCUT2D eigenvalue weighted by Crippen LogP contribution is 1.97. The summed E-state index contributed by atoms with van der Waals surface area (Å²) >= 11 is 0. The van der Waals surface area contributed by atoms with Gasteiger partial charge in [0.05, 0.1) is 0 Å². The maximum Gasteiger partial charge on any atom is 0.325 e. The third-order valence-corrected chi connectivity index (χ3v) is 2.48. The Hall–Kier alpha value is -1.89. The van der Waals surface area contributed by atoms with Crippen LogP contribution in [-0.2, 0) is 0 Å². The lowest BCUT2D eigenvalue weighted by atomic mass is 10.2. The highest BCUT2D eigenvalue weighted by Gasteiger charge is 2.09. The van der Waals surface area contributed by atoms with Gasteiger partial charge in [0.2, 0.25) is 0 Å². The number of carbonyl (C=O) groups is 1. The molecule has 0 aromatic carbocycles. The summed E-state index contributed by atoms with van der Waals surface area (Å²) < 4.78 is 0. The van der Waals surface area contributed by atoms with E-state index in [9.17, 15) is 14.4 Å². The van der Waals surface area contributed by atoms with Crippen molar-refractivity contribution in [2.24, 2.45) is 5.73 Å². The lowest BCUT2D eigenvalue weighted by Crippen LogP contribution is -2.33. The number of nitrogens with one attached hydrogen (secondary N) is 3. The molecule has 1 aromatic rings. The molecule has 0 unspecified atom stereocenters. The molecule has 1 heterocycles. The summed E-state index contributed by atoms with van der Waals surface area (Å²) in [5.74, 6) is -0.480. The Morgan fingerprint density at radius 1 is 1.22 bits per heavy atom. The first kappa shape index (κ1) is 14.2. The van der Waals surface area contributed by atoms with Gasteiger partial charge < -0.3 is 16.0 Å². The summed E-state index contributed by atoms with van der Waals surface area (Å²) in [6.45, 7) is 1.18. The van der Waals surface area contributed by atoms with Gasteiger partial charge in [-0.3, -0.25) is 14.6 Å². The molecule has 100 valence electrons. The van der Waals surface area contributed by atoms with Crippen LogP contribution in [0.1, 0.15) is 36.0 Å². The topological polar surface area (TPSA) is 121 Å². The Labute approximate surface area is 104 Å². The van der Waals surface area contributed by atoms with Crippen LogP contribution in [0.5, 0.6) is 0 Å². The van der Waals surface area contributed by atoms with E-state index in [-0.39, 0.29) is 5.56 Å². The second-order valence-corrected chi connectivity index (χ2v) is 3.94. The Kier molecular flexibility index (Phi) is 5.86. The maximum absolute atomic E-state index is 11.6. The summed E-state index contributed by atoms with van der Waals surface area (Å²) in [5, 5.41) is 2.62. The molecule has 0 saturated heterocycles. The van der Waals surface area contributed by atoms with Crippen LogP contribution in [0.2, 0.25) is 0 Å². The zero-order valence-electron chi connectivity index (χ0n) is 10.1. The van der Waals surface area contributed by atoms with Crippen LogP contribution < -0.4 is 22.3 Å². The summed E-state index contributed by atoms with van der Waals surface area (Å²) in [6, 6.07) is 0. The van der Waals surface area contributed by atoms with E-state index in [1.54, 1.807) is 0 Å². The maximum atomic E-state index is 11.6. The molecule has 7 heteroatoms. The Morgan fingerprint density at radius 2 is 1.94 bits per heavy atom. The number of aromatic amines is 2. The quantitative estimate of drug-likeness (QED) is 0.481. The van der Waals surface area contributed by atoms with Gasteiger partial charge in [-0.2, -0.15) is 0 Å². The average Bonchev–Trinajstić information content (AvgIpc) is 2.33. The lowest BCUT2D eigenvalue weighted by molar-refractivity contribution is 0.0951. The minimum atomic E-state index is -0.681. The molecule has 0 atom stereocenters. The summed E-state index contributed by atoms with van der Waals surface area (Å²) in [7, 11) is 0. The fourth-order valence-electron chi connectivity index (χ4n) is 1.50. The first-order chi connectivity index (χ1) is 8.65. The summed E-state index contributed by atoms with van der Waals surface area (Å²) in [4.78, 5) is 37.9. The van der Waals surface area contributed by atoms with Gasteiger partial charge in [0.25, 0.3) is 11.5 Å². The molecule has 1 rings (SSSR count). The normalized spacial score (nSPS) is 10.3. The zero-order chi connectivity index (χ0) is 13.4. The van der Waals surface area contributed by atoms with Gasteiger partial charge in [-0.05, 0) is 19.4 Å². The van der Waals surface area contributed by atoms with E-state index in [0.717, 1.165) is 31.9 Å². The molecule has 0 aliphatic heterocycles. The smallest absolute Gasteiger partial charge is 0.325 e. The second-order valence-electron chi connectivity index (χ2n) is 3.94. The molecule has 0 saturated carbocycles. The SMILES string of the molecule is NCCCCCCNC(=O)c1c[nH]c(=O)[nH]c1=O. The van der Waals surface area contributed by atoms with Crippen molar-refractivity contribution in [1.82, 2.24) is 15.3 Å². The van der Waals surface area contributed by atoms with E-state index in [4.69, 9.17) is 5.73 Å². The number of aromatic nitrogens is 2. The first-order valence-corrected chi connectivity index (χ1v) is 5.95. The number of nitrogens with two attached hydrogens (primary N) is 1. The third-order valence-electron chi connectivity index (χ3n) is 2.48. The fourth-order valence-corrected chi connectivity index (χ4v) is 1.50. The van der Waals surface area contributed by atoms with E-state index >= 15 is 0 Å². The van der Waals surface area contributed by atoms with Crippen molar-refractivity contribution in [3.05, 3.63) is 32.6 Å². The number of hydrogen-bond donors (Lipinski definition) is 4. The molecule has 0 spiro atoms. The average molecular weight is 254 g/mol. The second kappa shape index (κ2) is 7.44. The predicted molar refractivity (Wildman–Crippen MR) is 67.5 cm³/mol. The van der Waals surface area contributed by atoms with Gasteiger partial charge in [0.15, 0.2) is 0 Å². The zero-order valence-corrected chi connectivity index (χ0v) is 10.1. The molecule has 1 aromatic heterocycles. The van der Waals surface area contributed by atoms with Crippen LogP contribution in [0, 0.1) is 0 Å². The number of hydrogen-bond acceptors (Lipinski definition) is 4. The molecule has 7 nitrogen and oxygen atoms in total. The van der Waals surface area contributed by atoms with Gasteiger partial charge in [-0.1, -0.05) is 12.8 Å². The van der Waals surface area contributed by atoms with Crippen LogP contribution in [0.25, 0.3) is 0 Å². The third kappa shape index (κ3) is 4.54. The number of carbonyl (C=O) groups excluding carboxylic acids is 1. The Balaban J connectivity index is 2.37. The first-order valence-electron chi connectivity index (χ1n) is 5.95. The highest BCUT2D eigenvalue weighted by atomic mass is 16.2. The van der Waals surface area contributed by atoms with Crippen molar-refractivity contribution in [3.63, 3.8) is 0 Å². The Bertz CT molecular complexity index is 492. The van der Waals surface area contributed by atoms with Gasteiger partial charge in [-0.15, -0.1) is 0 Å². The van der Waals surface area contributed by atoms with Crippen LogP contribution in [0.15, 0.2) is 15.8 Å². The number of rotatable bonds is 7. The standard InChI is InChI=1S/C11H18N4O3/c12-5-3-1-2-4-6-13-9(16)8-7-14-11(18)15-10(8)17/h7H,1-6,12H2,(H,13,16)(H2,14,15,17,18). The van der Waals surface area contributed by atoms with Crippen molar-refractivity contribution < 1.29 is 4.79 Å². The van der Waals surface area contributed by atoms with Crippen LogP contribution >= 0.6 is 0 Å². The minimum Gasteiger partial charge on any atom is -0.352 e. The molecular formula is C11H18N4O3. The van der Waals surface area contributed by atoms with Crippen LogP contribution in [0.3, 0.4) is 0 Å². The van der Waals surface area contributed by atoms with Gasteiger partial charge in [-0.25, -0.2) is 4.79 Å².